The number of nitrogens with two attached hydrogens (primary N) is 1. The van der Waals surface area contributed by atoms with Crippen LogP contribution in [0.15, 0.2) is 18.2 Å². The van der Waals surface area contributed by atoms with Crippen molar-refractivity contribution in [2.45, 2.75) is 6.54 Å². The summed E-state index contributed by atoms with van der Waals surface area (Å²) in [4.78, 5) is 13.3. The second kappa shape index (κ2) is 4.91. The van der Waals surface area contributed by atoms with Crippen LogP contribution in [0.5, 0.6) is 5.75 Å². The Hall–Kier alpha value is -1.39. The van der Waals surface area contributed by atoms with E-state index in [1.807, 2.05) is 19.0 Å². The highest BCUT2D eigenvalue weighted by molar-refractivity contribution is 5.97. The molecule has 0 unspecified atom stereocenters. The van der Waals surface area contributed by atoms with Gasteiger partial charge >= 0.3 is 0 Å². The number of Topliss-reactive ketones (excluding diaryl/α,β-unsaturated/α-hetero) is 1. The summed E-state index contributed by atoms with van der Waals surface area (Å²) >= 11 is 0. The zero-order valence-electron chi connectivity index (χ0n) is 9.03. The smallest absolute Gasteiger partial charge is 0.176 e. The molecule has 1 aromatic rings. The summed E-state index contributed by atoms with van der Waals surface area (Å²) in [5.74, 6) is 0.0901. The average Bonchev–Trinajstić information content (AvgIpc) is 2.19. The Morgan fingerprint density at radius 1 is 1.47 bits per heavy atom. The molecule has 0 aromatic heterocycles. The zero-order chi connectivity index (χ0) is 11.4. The second-order valence-corrected chi connectivity index (χ2v) is 3.71. The fourth-order valence-corrected chi connectivity index (χ4v) is 1.34. The minimum atomic E-state index is -0.116. The first-order valence-electron chi connectivity index (χ1n) is 4.74. The van der Waals surface area contributed by atoms with Crippen LogP contribution in [0.1, 0.15) is 15.9 Å². The average molecular weight is 208 g/mol. The van der Waals surface area contributed by atoms with E-state index in [-0.39, 0.29) is 18.1 Å². The Morgan fingerprint density at radius 2 is 2.13 bits per heavy atom. The first-order valence-corrected chi connectivity index (χ1v) is 4.74. The fraction of sp³-hybridized carbons (Fsp3) is 0.364. The maximum Gasteiger partial charge on any atom is 0.176 e. The van der Waals surface area contributed by atoms with Gasteiger partial charge in [-0.1, -0.05) is 0 Å². The Morgan fingerprint density at radius 3 is 2.67 bits per heavy atom. The van der Waals surface area contributed by atoms with Gasteiger partial charge in [-0.15, -0.1) is 0 Å². The number of phenolic OH excluding ortho intramolecular Hbond substituents is 1. The molecule has 1 aromatic carbocycles. The number of nitrogens with zero attached hydrogens (tertiary/aromatic N) is 1. The van der Waals surface area contributed by atoms with E-state index in [1.165, 1.54) is 6.07 Å². The van der Waals surface area contributed by atoms with Crippen molar-refractivity contribution in [3.63, 3.8) is 0 Å². The van der Waals surface area contributed by atoms with Crippen LogP contribution in [0.2, 0.25) is 0 Å². The molecule has 0 bridgehead atoms. The van der Waals surface area contributed by atoms with Crippen molar-refractivity contribution in [2.75, 3.05) is 20.6 Å². The molecule has 0 radical (unpaired) electrons. The van der Waals surface area contributed by atoms with Gasteiger partial charge in [-0.05, 0) is 32.3 Å². The summed E-state index contributed by atoms with van der Waals surface area (Å²) in [7, 11) is 3.80. The van der Waals surface area contributed by atoms with Crippen LogP contribution in [0, 0.1) is 0 Å². The van der Waals surface area contributed by atoms with E-state index in [0.29, 0.717) is 12.1 Å². The number of hydrogen-bond acceptors (Lipinski definition) is 4. The van der Waals surface area contributed by atoms with Gasteiger partial charge in [-0.2, -0.15) is 0 Å². The van der Waals surface area contributed by atoms with E-state index < -0.39 is 0 Å². The van der Waals surface area contributed by atoms with E-state index in [0.717, 1.165) is 5.56 Å². The van der Waals surface area contributed by atoms with Gasteiger partial charge in [0.15, 0.2) is 5.78 Å². The molecular weight excluding hydrogens is 192 g/mol. The molecule has 1 rings (SSSR count). The second-order valence-electron chi connectivity index (χ2n) is 3.71. The lowest BCUT2D eigenvalue weighted by molar-refractivity contribution is 0.100. The van der Waals surface area contributed by atoms with Crippen molar-refractivity contribution in [1.82, 2.24) is 4.90 Å². The highest BCUT2D eigenvalue weighted by atomic mass is 16.3. The molecule has 0 amide bonds. The molecule has 0 saturated heterocycles. The summed E-state index contributed by atoms with van der Waals surface area (Å²) in [6.07, 6.45) is 0. The van der Waals surface area contributed by atoms with Crippen LogP contribution in [0.3, 0.4) is 0 Å². The standard InChI is InChI=1S/C11H16N2O2/c1-13(2)7-9-5-8(11(15)6-12)3-4-10(9)14/h3-5,14H,6-7,12H2,1-2H3. The number of phenols is 1. The van der Waals surface area contributed by atoms with Crippen LogP contribution in [0.4, 0.5) is 0 Å². The molecular formula is C11H16N2O2. The summed E-state index contributed by atoms with van der Waals surface area (Å²) in [5.41, 5.74) is 6.55. The molecule has 0 aliphatic heterocycles. The summed E-state index contributed by atoms with van der Waals surface area (Å²) in [6.45, 7) is 0.587. The van der Waals surface area contributed by atoms with Gasteiger partial charge in [0.2, 0.25) is 0 Å². The Bertz CT molecular complexity index is 362. The molecule has 4 nitrogen and oxygen atoms in total. The van der Waals surface area contributed by atoms with Gasteiger partial charge in [0.1, 0.15) is 5.75 Å². The molecule has 0 saturated carbocycles. The number of hydrogen-bond donors (Lipinski definition) is 2. The number of aromatic hydroxyl groups is 1. The van der Waals surface area contributed by atoms with Gasteiger partial charge in [0.25, 0.3) is 0 Å². The van der Waals surface area contributed by atoms with Crippen LogP contribution < -0.4 is 5.73 Å². The first kappa shape index (κ1) is 11.7. The van der Waals surface area contributed by atoms with Gasteiger partial charge in [0.05, 0.1) is 6.54 Å². The van der Waals surface area contributed by atoms with Gasteiger partial charge in [-0.25, -0.2) is 0 Å². The molecule has 0 atom stereocenters. The van der Waals surface area contributed by atoms with Gasteiger partial charge < -0.3 is 15.7 Å². The summed E-state index contributed by atoms with van der Waals surface area (Å²) in [5, 5.41) is 9.57. The zero-order valence-corrected chi connectivity index (χ0v) is 9.03. The largest absolute Gasteiger partial charge is 0.508 e. The third-order valence-corrected chi connectivity index (χ3v) is 2.07. The van der Waals surface area contributed by atoms with Crippen LogP contribution in [0.25, 0.3) is 0 Å². The van der Waals surface area contributed by atoms with E-state index in [9.17, 15) is 9.90 Å². The Balaban J connectivity index is 2.99. The highest BCUT2D eigenvalue weighted by Gasteiger charge is 2.08. The Labute approximate surface area is 89.3 Å². The normalized spacial score (nSPS) is 10.7. The summed E-state index contributed by atoms with van der Waals surface area (Å²) in [6, 6.07) is 4.80. The van der Waals surface area contributed by atoms with E-state index in [4.69, 9.17) is 5.73 Å². The third-order valence-electron chi connectivity index (χ3n) is 2.07. The first-order chi connectivity index (χ1) is 7.04. The predicted molar refractivity (Wildman–Crippen MR) is 58.9 cm³/mol. The van der Waals surface area contributed by atoms with Gasteiger partial charge in [-0.3, -0.25) is 4.79 Å². The molecule has 15 heavy (non-hydrogen) atoms. The van der Waals surface area contributed by atoms with Crippen molar-refractivity contribution >= 4 is 5.78 Å². The molecule has 0 heterocycles. The molecule has 4 heteroatoms. The van der Waals surface area contributed by atoms with Crippen molar-refractivity contribution in [3.05, 3.63) is 29.3 Å². The van der Waals surface area contributed by atoms with Crippen molar-refractivity contribution in [2.24, 2.45) is 5.73 Å². The van der Waals surface area contributed by atoms with Crippen LogP contribution in [-0.4, -0.2) is 36.4 Å². The predicted octanol–water partition coefficient (Wildman–Crippen LogP) is 0.595. The van der Waals surface area contributed by atoms with E-state index >= 15 is 0 Å². The van der Waals surface area contributed by atoms with E-state index in [2.05, 4.69) is 0 Å². The number of carbonyl (C=O) groups is 1. The Kier molecular flexibility index (Phi) is 3.82. The van der Waals surface area contributed by atoms with Crippen molar-refractivity contribution in [1.29, 1.82) is 0 Å². The lowest BCUT2D eigenvalue weighted by atomic mass is 10.1. The molecule has 82 valence electrons. The number of benzene rings is 1. The molecule has 0 aliphatic rings. The fourth-order valence-electron chi connectivity index (χ4n) is 1.34. The monoisotopic (exact) mass is 208 g/mol. The summed E-state index contributed by atoms with van der Waals surface area (Å²) < 4.78 is 0. The van der Waals surface area contributed by atoms with Crippen LogP contribution in [-0.2, 0) is 6.54 Å². The number of rotatable bonds is 4. The van der Waals surface area contributed by atoms with Crippen LogP contribution >= 0.6 is 0 Å². The van der Waals surface area contributed by atoms with Crippen molar-refractivity contribution in [3.8, 4) is 5.75 Å². The molecule has 0 aliphatic carbocycles. The molecule has 0 spiro atoms. The highest BCUT2D eigenvalue weighted by Crippen LogP contribution is 2.19. The quantitative estimate of drug-likeness (QED) is 0.711. The minimum Gasteiger partial charge on any atom is -0.508 e. The lowest BCUT2D eigenvalue weighted by Gasteiger charge is -2.12. The molecule has 0 fully saturated rings. The maximum atomic E-state index is 11.3. The minimum absolute atomic E-state index is 0.00776. The maximum absolute atomic E-state index is 11.3. The number of ketones is 1. The number of carbonyl (C=O) groups excluding carboxylic acids is 1. The molecule has 3 N–H and O–H groups in total. The SMILES string of the molecule is CN(C)Cc1cc(C(=O)CN)ccc1O. The van der Waals surface area contributed by atoms with E-state index in [1.54, 1.807) is 12.1 Å². The third kappa shape index (κ3) is 3.04. The topological polar surface area (TPSA) is 66.6 Å². The van der Waals surface area contributed by atoms with Crippen molar-refractivity contribution < 1.29 is 9.90 Å². The lowest BCUT2D eigenvalue weighted by Crippen LogP contribution is -2.15. The van der Waals surface area contributed by atoms with Gasteiger partial charge in [0, 0.05) is 17.7 Å².